The van der Waals surface area contributed by atoms with Crippen LogP contribution in [0, 0.1) is 6.92 Å². The first-order chi connectivity index (χ1) is 5.65. The molecule has 68 valence electrons. The molecule has 0 aliphatic rings. The maximum absolute atomic E-state index is 5.70. The van der Waals surface area contributed by atoms with Gasteiger partial charge in [0.15, 0.2) is 0 Å². The second kappa shape index (κ2) is 3.74. The SMILES string of the molecule is COC(c1ccc(C)o1)C(C)N. The lowest BCUT2D eigenvalue weighted by molar-refractivity contribution is 0.0662. The van der Waals surface area contributed by atoms with Crippen LogP contribution in [0.3, 0.4) is 0 Å². The van der Waals surface area contributed by atoms with Gasteiger partial charge in [0.1, 0.15) is 17.6 Å². The van der Waals surface area contributed by atoms with Crippen LogP contribution >= 0.6 is 0 Å². The van der Waals surface area contributed by atoms with E-state index in [-0.39, 0.29) is 12.1 Å². The Morgan fingerprint density at radius 2 is 2.17 bits per heavy atom. The smallest absolute Gasteiger partial charge is 0.134 e. The molecule has 1 heterocycles. The standard InChI is InChI=1S/C9H15NO2/c1-6-4-5-8(12-6)9(11-3)7(2)10/h4-5,7,9H,10H2,1-3H3. The largest absolute Gasteiger partial charge is 0.464 e. The second-order valence-electron chi connectivity index (χ2n) is 2.96. The van der Waals surface area contributed by atoms with Gasteiger partial charge in [-0.15, -0.1) is 0 Å². The molecule has 0 radical (unpaired) electrons. The van der Waals surface area contributed by atoms with Crippen molar-refractivity contribution >= 4 is 0 Å². The van der Waals surface area contributed by atoms with Crippen LogP contribution < -0.4 is 5.73 Å². The number of methoxy groups -OCH3 is 1. The van der Waals surface area contributed by atoms with Gasteiger partial charge in [-0.1, -0.05) is 0 Å². The minimum absolute atomic E-state index is 0.0550. The van der Waals surface area contributed by atoms with Crippen molar-refractivity contribution in [3.8, 4) is 0 Å². The monoisotopic (exact) mass is 169 g/mol. The van der Waals surface area contributed by atoms with Crippen LogP contribution in [-0.4, -0.2) is 13.2 Å². The van der Waals surface area contributed by atoms with E-state index in [1.54, 1.807) is 7.11 Å². The molecule has 2 N–H and O–H groups in total. The lowest BCUT2D eigenvalue weighted by Gasteiger charge is -2.16. The number of furan rings is 1. The van der Waals surface area contributed by atoms with E-state index in [1.165, 1.54) is 0 Å². The molecule has 1 rings (SSSR count). The Bertz CT molecular complexity index is 242. The van der Waals surface area contributed by atoms with Crippen molar-refractivity contribution in [3.05, 3.63) is 23.7 Å². The Morgan fingerprint density at radius 3 is 2.50 bits per heavy atom. The van der Waals surface area contributed by atoms with Gasteiger partial charge in [0.25, 0.3) is 0 Å². The molecule has 0 saturated heterocycles. The third-order valence-corrected chi connectivity index (χ3v) is 1.77. The van der Waals surface area contributed by atoms with E-state index < -0.39 is 0 Å². The van der Waals surface area contributed by atoms with Crippen molar-refractivity contribution in [1.82, 2.24) is 0 Å². The van der Waals surface area contributed by atoms with Crippen LogP contribution in [0.15, 0.2) is 16.5 Å². The topological polar surface area (TPSA) is 48.4 Å². The second-order valence-corrected chi connectivity index (χ2v) is 2.96. The zero-order chi connectivity index (χ0) is 9.14. The zero-order valence-electron chi connectivity index (χ0n) is 7.70. The Kier molecular flexibility index (Phi) is 2.89. The van der Waals surface area contributed by atoms with Crippen molar-refractivity contribution < 1.29 is 9.15 Å². The van der Waals surface area contributed by atoms with E-state index in [0.29, 0.717) is 0 Å². The van der Waals surface area contributed by atoms with E-state index in [9.17, 15) is 0 Å². The van der Waals surface area contributed by atoms with Crippen LogP contribution in [0.2, 0.25) is 0 Å². The highest BCUT2D eigenvalue weighted by Gasteiger charge is 2.18. The molecule has 2 atom stereocenters. The average molecular weight is 169 g/mol. The number of hydrogen-bond donors (Lipinski definition) is 1. The Labute approximate surface area is 72.5 Å². The van der Waals surface area contributed by atoms with Crippen LogP contribution in [0.4, 0.5) is 0 Å². The van der Waals surface area contributed by atoms with Crippen molar-refractivity contribution in [2.45, 2.75) is 26.0 Å². The van der Waals surface area contributed by atoms with Crippen LogP contribution in [0.5, 0.6) is 0 Å². The van der Waals surface area contributed by atoms with E-state index in [2.05, 4.69) is 0 Å². The molecular weight excluding hydrogens is 154 g/mol. The molecule has 1 aromatic heterocycles. The Hall–Kier alpha value is -0.800. The van der Waals surface area contributed by atoms with Gasteiger partial charge >= 0.3 is 0 Å². The summed E-state index contributed by atoms with van der Waals surface area (Å²) in [4.78, 5) is 0. The molecular formula is C9H15NO2. The molecule has 0 spiro atoms. The Morgan fingerprint density at radius 1 is 1.50 bits per heavy atom. The molecule has 1 aromatic rings. The van der Waals surface area contributed by atoms with Gasteiger partial charge in [0.2, 0.25) is 0 Å². The number of aryl methyl sites for hydroxylation is 1. The summed E-state index contributed by atoms with van der Waals surface area (Å²) >= 11 is 0. The van der Waals surface area contributed by atoms with Gasteiger partial charge in [-0.05, 0) is 26.0 Å². The number of ether oxygens (including phenoxy) is 1. The van der Waals surface area contributed by atoms with Gasteiger partial charge in [-0.2, -0.15) is 0 Å². The summed E-state index contributed by atoms with van der Waals surface area (Å²) in [7, 11) is 1.63. The fourth-order valence-corrected chi connectivity index (χ4v) is 1.20. The maximum Gasteiger partial charge on any atom is 0.134 e. The Balaban J connectivity index is 2.80. The normalized spacial score (nSPS) is 16.0. The molecule has 12 heavy (non-hydrogen) atoms. The predicted octanol–water partition coefficient (Wildman–Crippen LogP) is 1.62. The average Bonchev–Trinajstić information content (AvgIpc) is 2.37. The predicted molar refractivity (Wildman–Crippen MR) is 46.8 cm³/mol. The van der Waals surface area contributed by atoms with E-state index >= 15 is 0 Å². The highest BCUT2D eigenvalue weighted by atomic mass is 16.5. The van der Waals surface area contributed by atoms with Crippen molar-refractivity contribution in [3.63, 3.8) is 0 Å². The summed E-state index contributed by atoms with van der Waals surface area (Å²) in [6.45, 7) is 3.80. The third-order valence-electron chi connectivity index (χ3n) is 1.77. The van der Waals surface area contributed by atoms with E-state index in [1.807, 2.05) is 26.0 Å². The molecule has 2 unspecified atom stereocenters. The fraction of sp³-hybridized carbons (Fsp3) is 0.556. The van der Waals surface area contributed by atoms with Crippen LogP contribution in [0.1, 0.15) is 24.5 Å². The first kappa shape index (κ1) is 9.29. The van der Waals surface area contributed by atoms with Crippen LogP contribution in [-0.2, 0) is 4.74 Å². The van der Waals surface area contributed by atoms with Gasteiger partial charge in [0, 0.05) is 13.2 Å². The molecule has 0 saturated carbocycles. The quantitative estimate of drug-likeness (QED) is 0.748. The van der Waals surface area contributed by atoms with Crippen molar-refractivity contribution in [1.29, 1.82) is 0 Å². The molecule has 3 heteroatoms. The summed E-state index contributed by atoms with van der Waals surface area (Å²) in [6, 6.07) is 3.75. The fourth-order valence-electron chi connectivity index (χ4n) is 1.20. The minimum Gasteiger partial charge on any atom is -0.464 e. The third kappa shape index (κ3) is 1.87. The summed E-state index contributed by atoms with van der Waals surface area (Å²) in [5.74, 6) is 1.68. The summed E-state index contributed by atoms with van der Waals surface area (Å²) in [6.07, 6.45) is -0.140. The van der Waals surface area contributed by atoms with Gasteiger partial charge in [-0.25, -0.2) is 0 Å². The zero-order valence-corrected chi connectivity index (χ0v) is 7.70. The van der Waals surface area contributed by atoms with Crippen LogP contribution in [0.25, 0.3) is 0 Å². The number of rotatable bonds is 3. The molecule has 0 aromatic carbocycles. The molecule has 0 amide bonds. The summed E-state index contributed by atoms with van der Waals surface area (Å²) < 4.78 is 10.6. The number of nitrogens with two attached hydrogens (primary N) is 1. The van der Waals surface area contributed by atoms with Gasteiger partial charge in [0.05, 0.1) is 0 Å². The number of hydrogen-bond acceptors (Lipinski definition) is 3. The first-order valence-electron chi connectivity index (χ1n) is 4.00. The van der Waals surface area contributed by atoms with Gasteiger partial charge in [-0.3, -0.25) is 0 Å². The molecule has 0 fully saturated rings. The first-order valence-corrected chi connectivity index (χ1v) is 4.00. The summed E-state index contributed by atoms with van der Waals surface area (Å²) in [5.41, 5.74) is 5.70. The lowest BCUT2D eigenvalue weighted by atomic mass is 10.1. The van der Waals surface area contributed by atoms with E-state index in [4.69, 9.17) is 14.9 Å². The highest BCUT2D eigenvalue weighted by molar-refractivity contribution is 5.09. The van der Waals surface area contributed by atoms with Gasteiger partial charge < -0.3 is 14.9 Å². The molecule has 0 bridgehead atoms. The molecule has 0 aliphatic carbocycles. The van der Waals surface area contributed by atoms with Crippen molar-refractivity contribution in [2.24, 2.45) is 5.73 Å². The highest BCUT2D eigenvalue weighted by Crippen LogP contribution is 2.21. The minimum atomic E-state index is -0.140. The summed E-state index contributed by atoms with van der Waals surface area (Å²) in [5, 5.41) is 0. The van der Waals surface area contributed by atoms with Crippen molar-refractivity contribution in [2.75, 3.05) is 7.11 Å². The maximum atomic E-state index is 5.70. The lowest BCUT2D eigenvalue weighted by Crippen LogP contribution is -2.25. The molecule has 0 aliphatic heterocycles. The molecule has 3 nitrogen and oxygen atoms in total. The van der Waals surface area contributed by atoms with E-state index in [0.717, 1.165) is 11.5 Å².